The van der Waals surface area contributed by atoms with Crippen LogP contribution in [0.2, 0.25) is 0 Å². The highest BCUT2D eigenvalue weighted by atomic mass is 15.2. The zero-order valence-corrected chi connectivity index (χ0v) is 11.1. The number of nitrogen functional groups attached to an aromatic ring is 1. The van der Waals surface area contributed by atoms with Gasteiger partial charge in [-0.3, -0.25) is 0 Å². The van der Waals surface area contributed by atoms with Crippen LogP contribution < -0.4 is 10.6 Å². The number of fused-ring (bicyclic) bond motifs is 1. The van der Waals surface area contributed by atoms with Crippen molar-refractivity contribution in [2.24, 2.45) is 0 Å². The van der Waals surface area contributed by atoms with Crippen molar-refractivity contribution < 1.29 is 0 Å². The Morgan fingerprint density at radius 3 is 2.72 bits per heavy atom. The SMILES string of the molecule is CCCCCN(C)c1nc(N)nc2ccccc12. The van der Waals surface area contributed by atoms with Crippen LogP contribution in [0.15, 0.2) is 24.3 Å². The van der Waals surface area contributed by atoms with E-state index >= 15 is 0 Å². The summed E-state index contributed by atoms with van der Waals surface area (Å²) in [4.78, 5) is 10.8. The van der Waals surface area contributed by atoms with E-state index in [9.17, 15) is 0 Å². The molecule has 0 aliphatic heterocycles. The molecule has 0 saturated heterocycles. The first kappa shape index (κ1) is 12.6. The summed E-state index contributed by atoms with van der Waals surface area (Å²) in [6, 6.07) is 7.98. The average molecular weight is 244 g/mol. The van der Waals surface area contributed by atoms with Crippen molar-refractivity contribution in [1.29, 1.82) is 0 Å². The lowest BCUT2D eigenvalue weighted by Gasteiger charge is -2.19. The molecule has 1 heterocycles. The molecule has 0 radical (unpaired) electrons. The highest BCUT2D eigenvalue weighted by Crippen LogP contribution is 2.23. The lowest BCUT2D eigenvalue weighted by Crippen LogP contribution is -2.20. The summed E-state index contributed by atoms with van der Waals surface area (Å²) in [5.41, 5.74) is 6.67. The summed E-state index contributed by atoms with van der Waals surface area (Å²) in [5, 5.41) is 1.06. The van der Waals surface area contributed by atoms with E-state index in [0.29, 0.717) is 5.95 Å². The molecule has 0 amide bonds. The summed E-state index contributed by atoms with van der Waals surface area (Å²) in [7, 11) is 2.06. The molecule has 1 aromatic heterocycles. The fourth-order valence-corrected chi connectivity index (χ4v) is 2.07. The Morgan fingerprint density at radius 2 is 1.94 bits per heavy atom. The second kappa shape index (κ2) is 5.67. The predicted molar refractivity (Wildman–Crippen MR) is 76.7 cm³/mol. The van der Waals surface area contributed by atoms with E-state index < -0.39 is 0 Å². The number of hydrogen-bond donors (Lipinski definition) is 1. The number of anilines is 2. The van der Waals surface area contributed by atoms with Gasteiger partial charge in [0.2, 0.25) is 5.95 Å². The summed E-state index contributed by atoms with van der Waals surface area (Å²) in [6.07, 6.45) is 3.63. The van der Waals surface area contributed by atoms with Crippen LogP contribution in [0.25, 0.3) is 10.9 Å². The van der Waals surface area contributed by atoms with Crippen molar-refractivity contribution >= 4 is 22.7 Å². The number of nitrogens with two attached hydrogens (primary N) is 1. The van der Waals surface area contributed by atoms with E-state index in [1.807, 2.05) is 24.3 Å². The normalized spacial score (nSPS) is 10.8. The Labute approximate surface area is 108 Å². The van der Waals surface area contributed by atoms with E-state index in [1.165, 1.54) is 19.3 Å². The molecule has 0 unspecified atom stereocenters. The summed E-state index contributed by atoms with van der Waals surface area (Å²) in [5.74, 6) is 1.26. The van der Waals surface area contributed by atoms with Gasteiger partial charge in [-0.1, -0.05) is 31.9 Å². The van der Waals surface area contributed by atoms with Crippen LogP contribution >= 0.6 is 0 Å². The first-order valence-electron chi connectivity index (χ1n) is 6.45. The van der Waals surface area contributed by atoms with Crippen molar-refractivity contribution in [3.63, 3.8) is 0 Å². The van der Waals surface area contributed by atoms with Gasteiger partial charge in [-0.2, -0.15) is 4.98 Å². The molecule has 2 rings (SSSR count). The van der Waals surface area contributed by atoms with Crippen LogP contribution in [-0.4, -0.2) is 23.6 Å². The fourth-order valence-electron chi connectivity index (χ4n) is 2.07. The van der Waals surface area contributed by atoms with Gasteiger partial charge >= 0.3 is 0 Å². The van der Waals surface area contributed by atoms with Gasteiger partial charge in [0, 0.05) is 19.0 Å². The summed E-state index contributed by atoms with van der Waals surface area (Å²) in [6.45, 7) is 3.20. The second-order valence-corrected chi connectivity index (χ2v) is 4.55. The Hall–Kier alpha value is -1.84. The summed E-state index contributed by atoms with van der Waals surface area (Å²) < 4.78 is 0. The van der Waals surface area contributed by atoms with E-state index in [0.717, 1.165) is 23.3 Å². The number of benzene rings is 1. The lowest BCUT2D eigenvalue weighted by atomic mass is 10.2. The van der Waals surface area contributed by atoms with Gasteiger partial charge in [-0.05, 0) is 18.6 Å². The van der Waals surface area contributed by atoms with Gasteiger partial charge in [0.25, 0.3) is 0 Å². The second-order valence-electron chi connectivity index (χ2n) is 4.55. The van der Waals surface area contributed by atoms with Crippen molar-refractivity contribution in [2.75, 3.05) is 24.2 Å². The molecular formula is C14H20N4. The van der Waals surface area contributed by atoms with Gasteiger partial charge in [-0.15, -0.1) is 0 Å². The van der Waals surface area contributed by atoms with Crippen molar-refractivity contribution in [2.45, 2.75) is 26.2 Å². The fraction of sp³-hybridized carbons (Fsp3) is 0.429. The number of aromatic nitrogens is 2. The molecule has 2 aromatic rings. The van der Waals surface area contributed by atoms with E-state index in [1.54, 1.807) is 0 Å². The Kier molecular flexibility index (Phi) is 3.97. The molecule has 0 aliphatic rings. The van der Waals surface area contributed by atoms with Crippen molar-refractivity contribution in [3.05, 3.63) is 24.3 Å². The van der Waals surface area contributed by atoms with Crippen LogP contribution in [0.5, 0.6) is 0 Å². The Bertz CT molecular complexity index is 524. The molecule has 1 aromatic carbocycles. The number of rotatable bonds is 5. The largest absolute Gasteiger partial charge is 0.368 e. The van der Waals surface area contributed by atoms with Gasteiger partial charge in [0.15, 0.2) is 0 Å². The molecular weight excluding hydrogens is 224 g/mol. The van der Waals surface area contributed by atoms with Crippen LogP contribution in [0.3, 0.4) is 0 Å². The maximum atomic E-state index is 5.77. The molecule has 0 aliphatic carbocycles. The molecule has 0 atom stereocenters. The van der Waals surface area contributed by atoms with E-state index in [-0.39, 0.29) is 0 Å². The van der Waals surface area contributed by atoms with Crippen LogP contribution in [-0.2, 0) is 0 Å². The molecule has 2 N–H and O–H groups in total. The third-order valence-electron chi connectivity index (χ3n) is 3.06. The minimum absolute atomic E-state index is 0.339. The quantitative estimate of drug-likeness (QED) is 0.822. The number of unbranched alkanes of at least 4 members (excludes halogenated alkanes) is 2. The number of hydrogen-bond acceptors (Lipinski definition) is 4. The third kappa shape index (κ3) is 2.70. The maximum absolute atomic E-state index is 5.77. The highest BCUT2D eigenvalue weighted by Gasteiger charge is 2.09. The van der Waals surface area contributed by atoms with Crippen molar-refractivity contribution in [3.8, 4) is 0 Å². The molecule has 18 heavy (non-hydrogen) atoms. The minimum Gasteiger partial charge on any atom is -0.368 e. The predicted octanol–water partition coefficient (Wildman–Crippen LogP) is 2.84. The van der Waals surface area contributed by atoms with E-state index in [2.05, 4.69) is 28.8 Å². The maximum Gasteiger partial charge on any atom is 0.222 e. The average Bonchev–Trinajstić information content (AvgIpc) is 2.38. The molecule has 0 bridgehead atoms. The van der Waals surface area contributed by atoms with Gasteiger partial charge < -0.3 is 10.6 Å². The molecule has 0 fully saturated rings. The minimum atomic E-state index is 0.339. The topological polar surface area (TPSA) is 55.0 Å². The van der Waals surface area contributed by atoms with Crippen LogP contribution in [0.1, 0.15) is 26.2 Å². The zero-order valence-electron chi connectivity index (χ0n) is 11.1. The standard InChI is InChI=1S/C14H20N4/c1-3-4-7-10-18(2)13-11-8-5-6-9-12(11)16-14(15)17-13/h5-6,8-9H,3-4,7,10H2,1-2H3,(H2,15,16,17). The zero-order chi connectivity index (χ0) is 13.0. The highest BCUT2D eigenvalue weighted by molar-refractivity contribution is 5.90. The summed E-state index contributed by atoms with van der Waals surface area (Å²) >= 11 is 0. The van der Waals surface area contributed by atoms with Gasteiger partial charge in [-0.25, -0.2) is 4.98 Å². The monoisotopic (exact) mass is 244 g/mol. The van der Waals surface area contributed by atoms with Crippen LogP contribution in [0, 0.1) is 0 Å². The first-order valence-corrected chi connectivity index (χ1v) is 6.45. The third-order valence-corrected chi connectivity index (χ3v) is 3.06. The Morgan fingerprint density at radius 1 is 1.17 bits per heavy atom. The lowest BCUT2D eigenvalue weighted by molar-refractivity contribution is 0.702. The van der Waals surface area contributed by atoms with E-state index in [4.69, 9.17) is 5.73 Å². The van der Waals surface area contributed by atoms with Gasteiger partial charge in [0.05, 0.1) is 5.52 Å². The molecule has 0 spiro atoms. The molecule has 4 heteroatoms. The number of nitrogens with zero attached hydrogens (tertiary/aromatic N) is 3. The molecule has 0 saturated carbocycles. The van der Waals surface area contributed by atoms with Crippen LogP contribution in [0.4, 0.5) is 11.8 Å². The smallest absolute Gasteiger partial charge is 0.222 e. The molecule has 4 nitrogen and oxygen atoms in total. The number of para-hydroxylation sites is 1. The molecule has 96 valence electrons. The Balaban J connectivity index is 2.31. The first-order chi connectivity index (χ1) is 8.72. The van der Waals surface area contributed by atoms with Crippen molar-refractivity contribution in [1.82, 2.24) is 9.97 Å². The van der Waals surface area contributed by atoms with Gasteiger partial charge in [0.1, 0.15) is 5.82 Å².